The summed E-state index contributed by atoms with van der Waals surface area (Å²) in [4.78, 5) is 12.2. The Kier molecular flexibility index (Phi) is 5.04. The third-order valence-electron chi connectivity index (χ3n) is 3.90. The number of nitrogens with one attached hydrogen (secondary N) is 1. The Balaban J connectivity index is 1.48. The van der Waals surface area contributed by atoms with E-state index in [1.165, 1.54) is 11.8 Å². The molecule has 0 radical (unpaired) electrons. The minimum absolute atomic E-state index is 0.166. The van der Waals surface area contributed by atoms with Gasteiger partial charge in [0.25, 0.3) is 0 Å². The fourth-order valence-electron chi connectivity index (χ4n) is 2.62. The number of amides is 1. The van der Waals surface area contributed by atoms with Crippen LogP contribution in [0.4, 0.5) is 5.69 Å². The highest BCUT2D eigenvalue weighted by Gasteiger charge is 2.13. The van der Waals surface area contributed by atoms with Crippen LogP contribution in [0.5, 0.6) is 0 Å². The summed E-state index contributed by atoms with van der Waals surface area (Å²) in [5.74, 6) is -0.0136. The third kappa shape index (κ3) is 3.94. The van der Waals surface area contributed by atoms with Crippen LogP contribution in [0.25, 0.3) is 16.5 Å². The fourth-order valence-corrected chi connectivity index (χ4v) is 3.49. The van der Waals surface area contributed by atoms with Crippen molar-refractivity contribution >= 4 is 45.7 Å². The first-order valence-electron chi connectivity index (χ1n) is 8.15. The third-order valence-corrected chi connectivity index (χ3v) is 5.15. The van der Waals surface area contributed by atoms with Crippen molar-refractivity contribution in [3.8, 4) is 5.69 Å². The molecule has 0 spiro atoms. The van der Waals surface area contributed by atoms with Crippen LogP contribution in [0.2, 0.25) is 5.02 Å². The molecule has 0 saturated heterocycles. The first-order valence-corrected chi connectivity index (χ1v) is 9.52. The number of carbonyl (C=O) groups is 1. The van der Waals surface area contributed by atoms with Gasteiger partial charge in [0.2, 0.25) is 11.1 Å². The van der Waals surface area contributed by atoms with Gasteiger partial charge in [-0.25, -0.2) is 0 Å². The molecule has 134 valence electrons. The van der Waals surface area contributed by atoms with E-state index in [1.807, 2.05) is 54.6 Å². The summed E-state index contributed by atoms with van der Waals surface area (Å²) in [5, 5.41) is 17.9. The van der Waals surface area contributed by atoms with E-state index < -0.39 is 0 Å². The zero-order valence-electron chi connectivity index (χ0n) is 14.0. The molecule has 1 amide bonds. The highest BCUT2D eigenvalue weighted by molar-refractivity contribution is 7.99. The van der Waals surface area contributed by atoms with Crippen molar-refractivity contribution in [2.24, 2.45) is 0 Å². The number of thioether (sulfide) groups is 1. The quantitative estimate of drug-likeness (QED) is 0.513. The van der Waals surface area contributed by atoms with Crippen molar-refractivity contribution in [2.45, 2.75) is 5.16 Å². The summed E-state index contributed by atoms with van der Waals surface area (Å²) < 4.78 is 1.62. The Bertz CT molecular complexity index is 1110. The molecule has 1 N–H and O–H groups in total. The van der Waals surface area contributed by atoms with Crippen LogP contribution in [0.15, 0.2) is 71.9 Å². The van der Waals surface area contributed by atoms with Gasteiger partial charge in [0.1, 0.15) is 0 Å². The van der Waals surface area contributed by atoms with Gasteiger partial charge in [0.15, 0.2) is 0 Å². The van der Waals surface area contributed by atoms with Gasteiger partial charge in [0.05, 0.1) is 22.2 Å². The molecule has 0 aliphatic rings. The second kappa shape index (κ2) is 7.77. The smallest absolute Gasteiger partial charge is 0.234 e. The second-order valence-electron chi connectivity index (χ2n) is 5.72. The van der Waals surface area contributed by atoms with Crippen LogP contribution in [-0.2, 0) is 4.79 Å². The normalized spacial score (nSPS) is 10.9. The van der Waals surface area contributed by atoms with Crippen LogP contribution >= 0.6 is 23.4 Å². The zero-order valence-corrected chi connectivity index (χ0v) is 15.6. The van der Waals surface area contributed by atoms with E-state index in [1.54, 1.807) is 16.8 Å². The van der Waals surface area contributed by atoms with Crippen molar-refractivity contribution < 1.29 is 4.79 Å². The molecule has 0 saturated carbocycles. The van der Waals surface area contributed by atoms with Gasteiger partial charge in [-0.1, -0.05) is 65.8 Å². The first-order chi connectivity index (χ1) is 13.2. The molecule has 3 aromatic carbocycles. The van der Waals surface area contributed by atoms with Crippen LogP contribution in [0, 0.1) is 0 Å². The van der Waals surface area contributed by atoms with E-state index in [0.29, 0.717) is 15.9 Å². The van der Waals surface area contributed by atoms with Gasteiger partial charge in [-0.2, -0.15) is 4.68 Å². The van der Waals surface area contributed by atoms with Crippen molar-refractivity contribution in [3.63, 3.8) is 0 Å². The number of nitrogens with zero attached hydrogens (tertiary/aromatic N) is 4. The van der Waals surface area contributed by atoms with Crippen LogP contribution in [-0.4, -0.2) is 31.9 Å². The summed E-state index contributed by atoms with van der Waals surface area (Å²) in [6.07, 6.45) is 0. The SMILES string of the molecule is O=C(CSc1nnnn1-c1ccc2ccccc2c1)Nc1ccccc1Cl. The minimum Gasteiger partial charge on any atom is -0.324 e. The van der Waals surface area contributed by atoms with Gasteiger partial charge in [-0.15, -0.1) is 5.10 Å². The lowest BCUT2D eigenvalue weighted by Crippen LogP contribution is -2.14. The van der Waals surface area contributed by atoms with Gasteiger partial charge < -0.3 is 5.32 Å². The predicted molar refractivity (Wildman–Crippen MR) is 107 cm³/mol. The largest absolute Gasteiger partial charge is 0.324 e. The molecule has 27 heavy (non-hydrogen) atoms. The summed E-state index contributed by atoms with van der Waals surface area (Å²) >= 11 is 7.32. The van der Waals surface area contributed by atoms with E-state index >= 15 is 0 Å². The van der Waals surface area contributed by atoms with Crippen molar-refractivity contribution in [1.29, 1.82) is 0 Å². The number of hydrogen-bond donors (Lipinski definition) is 1. The summed E-state index contributed by atoms with van der Waals surface area (Å²) in [7, 11) is 0. The number of para-hydroxylation sites is 1. The van der Waals surface area contributed by atoms with Gasteiger partial charge in [-0.3, -0.25) is 4.79 Å². The highest BCUT2D eigenvalue weighted by atomic mass is 35.5. The van der Waals surface area contributed by atoms with E-state index in [-0.39, 0.29) is 11.7 Å². The van der Waals surface area contributed by atoms with Crippen molar-refractivity contribution in [2.75, 3.05) is 11.1 Å². The van der Waals surface area contributed by atoms with Crippen molar-refractivity contribution in [3.05, 3.63) is 71.8 Å². The Hall–Kier alpha value is -2.90. The Morgan fingerprint density at radius 3 is 2.67 bits per heavy atom. The summed E-state index contributed by atoms with van der Waals surface area (Å²) in [5.41, 5.74) is 1.42. The van der Waals surface area contributed by atoms with E-state index in [9.17, 15) is 4.79 Å². The molecule has 1 heterocycles. The number of hydrogen-bond acceptors (Lipinski definition) is 5. The van der Waals surface area contributed by atoms with E-state index in [0.717, 1.165) is 16.5 Å². The Morgan fingerprint density at radius 2 is 1.81 bits per heavy atom. The molecular weight excluding hydrogens is 382 g/mol. The van der Waals surface area contributed by atoms with Gasteiger partial charge in [0, 0.05) is 0 Å². The number of aromatic nitrogens is 4. The average Bonchev–Trinajstić information content (AvgIpc) is 3.16. The number of carbonyl (C=O) groups excluding carboxylic acids is 1. The number of rotatable bonds is 5. The second-order valence-corrected chi connectivity index (χ2v) is 7.07. The lowest BCUT2D eigenvalue weighted by atomic mass is 10.1. The maximum Gasteiger partial charge on any atom is 0.234 e. The van der Waals surface area contributed by atoms with Crippen LogP contribution in [0.3, 0.4) is 0 Å². The average molecular weight is 396 g/mol. The summed E-state index contributed by atoms with van der Waals surface area (Å²) in [6.45, 7) is 0. The molecule has 0 aliphatic carbocycles. The van der Waals surface area contributed by atoms with E-state index in [4.69, 9.17) is 11.6 Å². The zero-order chi connectivity index (χ0) is 18.6. The fraction of sp³-hybridized carbons (Fsp3) is 0.0526. The molecule has 4 aromatic rings. The molecule has 0 atom stereocenters. The van der Waals surface area contributed by atoms with E-state index in [2.05, 4.69) is 20.8 Å². The maximum absolute atomic E-state index is 12.2. The number of halogens is 1. The molecule has 0 unspecified atom stereocenters. The van der Waals surface area contributed by atoms with Gasteiger partial charge >= 0.3 is 0 Å². The van der Waals surface area contributed by atoms with Crippen LogP contribution < -0.4 is 5.32 Å². The molecule has 0 fully saturated rings. The number of tetrazole rings is 1. The predicted octanol–water partition coefficient (Wildman–Crippen LogP) is 4.20. The Labute approximate surface area is 164 Å². The number of anilines is 1. The highest BCUT2D eigenvalue weighted by Crippen LogP contribution is 2.23. The van der Waals surface area contributed by atoms with Crippen LogP contribution in [0.1, 0.15) is 0 Å². The molecule has 1 aromatic heterocycles. The summed E-state index contributed by atoms with van der Waals surface area (Å²) in [6, 6.07) is 21.2. The lowest BCUT2D eigenvalue weighted by Gasteiger charge is -2.07. The molecule has 0 aliphatic heterocycles. The number of benzene rings is 3. The molecular formula is C19H14ClN5OS. The number of fused-ring (bicyclic) bond motifs is 1. The van der Waals surface area contributed by atoms with Gasteiger partial charge in [-0.05, 0) is 45.5 Å². The standard InChI is InChI=1S/C19H14ClN5OS/c20-16-7-3-4-8-17(16)21-18(26)12-27-19-22-23-24-25(19)15-10-9-13-5-1-2-6-14(13)11-15/h1-11H,12H2,(H,21,26). The molecule has 4 rings (SSSR count). The lowest BCUT2D eigenvalue weighted by molar-refractivity contribution is -0.113. The monoisotopic (exact) mass is 395 g/mol. The topological polar surface area (TPSA) is 72.7 Å². The van der Waals surface area contributed by atoms with Crippen molar-refractivity contribution in [1.82, 2.24) is 20.2 Å². The molecule has 6 nitrogen and oxygen atoms in total. The molecule has 0 bridgehead atoms. The molecule has 8 heteroatoms. The maximum atomic E-state index is 12.2. The minimum atomic E-state index is -0.179. The first kappa shape index (κ1) is 17.5. The Morgan fingerprint density at radius 1 is 1.04 bits per heavy atom.